The summed E-state index contributed by atoms with van der Waals surface area (Å²) >= 11 is 0. The molecule has 4 nitrogen and oxygen atoms in total. The molecule has 1 heterocycles. The Morgan fingerprint density at radius 3 is 2.14 bits per heavy atom. The molecular weight excluding hydrogens is 454 g/mol. The molecule has 0 aliphatic heterocycles. The van der Waals surface area contributed by atoms with Gasteiger partial charge in [0.25, 0.3) is 0 Å². The van der Waals surface area contributed by atoms with Crippen LogP contribution in [0.25, 0.3) is 22.2 Å². The Bertz CT molecular complexity index is 1420. The molecule has 0 fully saturated rings. The van der Waals surface area contributed by atoms with Crippen molar-refractivity contribution in [1.82, 2.24) is 14.9 Å². The maximum Gasteiger partial charge on any atom is 0.224 e. The molecule has 5 rings (SSSR count). The summed E-state index contributed by atoms with van der Waals surface area (Å²) in [5, 5.41) is 3.08. The fraction of sp³-hybridized carbons (Fsp3) is 0.212. The molecule has 0 atom stereocenters. The summed E-state index contributed by atoms with van der Waals surface area (Å²) in [5.41, 5.74) is 6.91. The molecular formula is C33H33N3O. The zero-order chi connectivity index (χ0) is 25.3. The van der Waals surface area contributed by atoms with Gasteiger partial charge < -0.3 is 9.88 Å². The third-order valence-corrected chi connectivity index (χ3v) is 6.74. The molecule has 1 amide bonds. The van der Waals surface area contributed by atoms with Gasteiger partial charge in [0, 0.05) is 19.5 Å². The normalized spacial score (nSPS) is 11.0. The SMILES string of the molecule is O=C(Cc1ccc(-c2ccccc2)cc1)NCCCCCc1nc2ccccc2n1Cc1ccccc1. The summed E-state index contributed by atoms with van der Waals surface area (Å²) < 4.78 is 2.34. The van der Waals surface area contributed by atoms with E-state index < -0.39 is 0 Å². The predicted octanol–water partition coefficient (Wildman–Crippen LogP) is 6.82. The first-order valence-corrected chi connectivity index (χ1v) is 13.2. The maximum atomic E-state index is 12.4. The number of amides is 1. The predicted molar refractivity (Wildman–Crippen MR) is 151 cm³/mol. The maximum absolute atomic E-state index is 12.4. The van der Waals surface area contributed by atoms with E-state index in [1.54, 1.807) is 0 Å². The third-order valence-electron chi connectivity index (χ3n) is 6.74. The van der Waals surface area contributed by atoms with Crippen molar-refractivity contribution in [1.29, 1.82) is 0 Å². The summed E-state index contributed by atoms with van der Waals surface area (Å²) in [6.45, 7) is 1.54. The van der Waals surface area contributed by atoms with E-state index in [-0.39, 0.29) is 5.91 Å². The highest BCUT2D eigenvalue weighted by atomic mass is 16.1. The molecule has 0 unspecified atom stereocenters. The first-order valence-electron chi connectivity index (χ1n) is 13.2. The van der Waals surface area contributed by atoms with Crippen LogP contribution >= 0.6 is 0 Å². The second-order valence-electron chi connectivity index (χ2n) is 9.49. The highest BCUT2D eigenvalue weighted by Crippen LogP contribution is 2.21. The average molecular weight is 488 g/mol. The Balaban J connectivity index is 1.07. The van der Waals surface area contributed by atoms with Crippen molar-refractivity contribution < 1.29 is 4.79 Å². The Morgan fingerprint density at radius 1 is 0.676 bits per heavy atom. The van der Waals surface area contributed by atoms with E-state index in [0.717, 1.165) is 49.1 Å². The lowest BCUT2D eigenvalue weighted by Crippen LogP contribution is -2.26. The minimum absolute atomic E-state index is 0.0807. The minimum Gasteiger partial charge on any atom is -0.356 e. The van der Waals surface area contributed by atoms with Gasteiger partial charge in [-0.1, -0.05) is 103 Å². The highest BCUT2D eigenvalue weighted by molar-refractivity contribution is 5.79. The number of nitrogens with one attached hydrogen (secondary N) is 1. The van der Waals surface area contributed by atoms with Gasteiger partial charge in [0.1, 0.15) is 5.82 Å². The van der Waals surface area contributed by atoms with Crippen LogP contribution in [0.4, 0.5) is 0 Å². The van der Waals surface area contributed by atoms with E-state index in [4.69, 9.17) is 4.98 Å². The molecule has 186 valence electrons. The van der Waals surface area contributed by atoms with Gasteiger partial charge in [-0.15, -0.1) is 0 Å². The van der Waals surface area contributed by atoms with Gasteiger partial charge >= 0.3 is 0 Å². The lowest BCUT2D eigenvalue weighted by Gasteiger charge is -2.10. The molecule has 0 bridgehead atoms. The molecule has 37 heavy (non-hydrogen) atoms. The number of unbranched alkanes of at least 4 members (excludes halogenated alkanes) is 2. The van der Waals surface area contributed by atoms with Gasteiger partial charge in [-0.3, -0.25) is 4.79 Å². The molecule has 0 saturated heterocycles. The third kappa shape index (κ3) is 6.53. The Kier molecular flexibility index (Phi) is 8.07. The number of carbonyl (C=O) groups is 1. The highest BCUT2D eigenvalue weighted by Gasteiger charge is 2.11. The summed E-state index contributed by atoms with van der Waals surface area (Å²) in [6, 6.07) is 37.5. The minimum atomic E-state index is 0.0807. The van der Waals surface area contributed by atoms with Crippen LogP contribution in [0.3, 0.4) is 0 Å². The number of aryl methyl sites for hydroxylation is 1. The second-order valence-corrected chi connectivity index (χ2v) is 9.49. The van der Waals surface area contributed by atoms with Gasteiger partial charge in [-0.05, 0) is 47.2 Å². The van der Waals surface area contributed by atoms with Crippen molar-refractivity contribution in [2.24, 2.45) is 0 Å². The fourth-order valence-electron chi connectivity index (χ4n) is 4.76. The topological polar surface area (TPSA) is 46.9 Å². The largest absolute Gasteiger partial charge is 0.356 e. The number of benzene rings is 4. The van der Waals surface area contributed by atoms with E-state index in [2.05, 4.69) is 82.7 Å². The van der Waals surface area contributed by atoms with E-state index >= 15 is 0 Å². The number of hydrogen-bond acceptors (Lipinski definition) is 2. The molecule has 0 radical (unpaired) electrons. The zero-order valence-corrected chi connectivity index (χ0v) is 21.1. The van der Waals surface area contributed by atoms with Gasteiger partial charge in [0.05, 0.1) is 17.5 Å². The average Bonchev–Trinajstić information content (AvgIpc) is 3.29. The van der Waals surface area contributed by atoms with Crippen molar-refractivity contribution in [2.75, 3.05) is 6.54 Å². The Morgan fingerprint density at radius 2 is 1.35 bits per heavy atom. The number of carbonyl (C=O) groups excluding carboxylic acids is 1. The van der Waals surface area contributed by atoms with Crippen LogP contribution in [0.1, 0.15) is 36.2 Å². The molecule has 5 aromatic rings. The number of fused-ring (bicyclic) bond motifs is 1. The number of para-hydroxylation sites is 2. The molecule has 1 aromatic heterocycles. The summed E-state index contributed by atoms with van der Waals surface area (Å²) in [5.74, 6) is 1.21. The monoisotopic (exact) mass is 487 g/mol. The Labute approximate surface area is 219 Å². The van der Waals surface area contributed by atoms with Gasteiger partial charge in [0.2, 0.25) is 5.91 Å². The van der Waals surface area contributed by atoms with Crippen molar-refractivity contribution in [3.8, 4) is 11.1 Å². The Hall–Kier alpha value is -4.18. The van der Waals surface area contributed by atoms with Crippen molar-refractivity contribution >= 4 is 16.9 Å². The van der Waals surface area contributed by atoms with Crippen LogP contribution < -0.4 is 5.32 Å². The quantitative estimate of drug-likeness (QED) is 0.208. The summed E-state index contributed by atoms with van der Waals surface area (Å²) in [4.78, 5) is 17.3. The number of nitrogens with zero attached hydrogens (tertiary/aromatic N) is 2. The van der Waals surface area contributed by atoms with Gasteiger partial charge in [-0.2, -0.15) is 0 Å². The summed E-state index contributed by atoms with van der Waals surface area (Å²) in [6.07, 6.45) is 4.43. The van der Waals surface area contributed by atoms with E-state index in [1.165, 1.54) is 22.2 Å². The molecule has 0 aliphatic rings. The van der Waals surface area contributed by atoms with E-state index in [9.17, 15) is 4.79 Å². The van der Waals surface area contributed by atoms with Crippen LogP contribution in [-0.4, -0.2) is 22.0 Å². The standard InChI is InChI=1S/C33H33N3O/c37-33(24-26-19-21-29(22-20-26)28-14-6-2-7-15-28)34-23-11-3-8-18-32-35-30-16-9-10-17-31(30)36(32)25-27-12-4-1-5-13-27/h1-2,4-7,9-10,12-17,19-22H,3,8,11,18,23-25H2,(H,34,37). The van der Waals surface area contributed by atoms with Crippen molar-refractivity contribution in [2.45, 2.75) is 38.6 Å². The lowest BCUT2D eigenvalue weighted by molar-refractivity contribution is -0.120. The van der Waals surface area contributed by atoms with Crippen LogP contribution in [0.5, 0.6) is 0 Å². The molecule has 1 N–H and O–H groups in total. The number of hydrogen-bond donors (Lipinski definition) is 1. The van der Waals surface area contributed by atoms with Gasteiger partial charge in [-0.25, -0.2) is 4.98 Å². The summed E-state index contributed by atoms with van der Waals surface area (Å²) in [7, 11) is 0. The molecule has 4 heteroatoms. The van der Waals surface area contributed by atoms with Crippen LogP contribution in [0, 0.1) is 0 Å². The fourth-order valence-corrected chi connectivity index (χ4v) is 4.76. The van der Waals surface area contributed by atoms with E-state index in [0.29, 0.717) is 13.0 Å². The number of rotatable bonds is 11. The lowest BCUT2D eigenvalue weighted by atomic mass is 10.0. The smallest absolute Gasteiger partial charge is 0.224 e. The van der Waals surface area contributed by atoms with Crippen LogP contribution in [0.15, 0.2) is 109 Å². The zero-order valence-electron chi connectivity index (χ0n) is 21.1. The second kappa shape index (κ2) is 12.2. The van der Waals surface area contributed by atoms with Gasteiger partial charge in [0.15, 0.2) is 0 Å². The molecule has 0 aliphatic carbocycles. The van der Waals surface area contributed by atoms with E-state index in [1.807, 2.05) is 36.4 Å². The first kappa shape index (κ1) is 24.5. The molecule has 4 aromatic carbocycles. The number of imidazole rings is 1. The molecule has 0 saturated carbocycles. The van der Waals surface area contributed by atoms with Crippen molar-refractivity contribution in [3.05, 3.63) is 126 Å². The number of aromatic nitrogens is 2. The van der Waals surface area contributed by atoms with Crippen LogP contribution in [0.2, 0.25) is 0 Å². The first-order chi connectivity index (χ1) is 18.3. The van der Waals surface area contributed by atoms with Crippen molar-refractivity contribution in [3.63, 3.8) is 0 Å². The van der Waals surface area contributed by atoms with Crippen LogP contribution in [-0.2, 0) is 24.2 Å². The molecule has 0 spiro atoms.